The lowest BCUT2D eigenvalue weighted by atomic mass is 10.2. The van der Waals surface area contributed by atoms with E-state index < -0.39 is 4.92 Å². The van der Waals surface area contributed by atoms with Crippen molar-refractivity contribution in [2.24, 2.45) is 0 Å². The maximum Gasteiger partial charge on any atom is 0.273 e. The molecule has 0 saturated heterocycles. The van der Waals surface area contributed by atoms with E-state index >= 15 is 0 Å². The summed E-state index contributed by atoms with van der Waals surface area (Å²) in [6.45, 7) is 7.66. The number of benzene rings is 1. The molecule has 1 rings (SSSR count). The van der Waals surface area contributed by atoms with Gasteiger partial charge in [0.05, 0.1) is 18.1 Å². The first-order valence-corrected chi connectivity index (χ1v) is 6.24. The van der Waals surface area contributed by atoms with Crippen molar-refractivity contribution in [2.45, 2.75) is 13.5 Å². The van der Waals surface area contributed by atoms with Crippen molar-refractivity contribution in [3.05, 3.63) is 51.1 Å². The molecular weight excluding hydrogens is 268 g/mol. The zero-order valence-corrected chi connectivity index (χ0v) is 11.6. The van der Waals surface area contributed by atoms with Gasteiger partial charge in [-0.25, -0.2) is 0 Å². The van der Waals surface area contributed by atoms with Crippen LogP contribution in [0.4, 0.5) is 5.69 Å². The molecule has 0 bridgehead atoms. The number of nitro benzene ring substituents is 1. The van der Waals surface area contributed by atoms with E-state index in [2.05, 4.69) is 11.9 Å². The molecule has 0 amide bonds. The average Bonchev–Trinajstić information content (AvgIpc) is 2.33. The molecule has 0 aliphatic carbocycles. The van der Waals surface area contributed by atoms with Crippen LogP contribution in [-0.4, -0.2) is 24.7 Å². The smallest absolute Gasteiger partial charge is 0.273 e. The number of hydrogen-bond donors (Lipinski definition) is 1. The molecule has 0 saturated carbocycles. The molecule has 1 aromatic carbocycles. The largest absolute Gasteiger partial charge is 0.376 e. The minimum atomic E-state index is -0.412. The van der Waals surface area contributed by atoms with Gasteiger partial charge in [-0.1, -0.05) is 23.8 Å². The first-order chi connectivity index (χ1) is 9.00. The third-order valence-electron chi connectivity index (χ3n) is 2.33. The first kappa shape index (κ1) is 15.6. The highest BCUT2D eigenvalue weighted by atomic mass is 35.5. The van der Waals surface area contributed by atoms with Crippen LogP contribution in [0.5, 0.6) is 0 Å². The molecule has 6 heteroatoms. The van der Waals surface area contributed by atoms with Crippen LogP contribution in [-0.2, 0) is 11.3 Å². The lowest BCUT2D eigenvalue weighted by Crippen LogP contribution is -2.20. The summed E-state index contributed by atoms with van der Waals surface area (Å²) in [5.41, 5.74) is 1.60. The topological polar surface area (TPSA) is 64.4 Å². The summed E-state index contributed by atoms with van der Waals surface area (Å²) >= 11 is 5.83. The van der Waals surface area contributed by atoms with Crippen molar-refractivity contribution in [1.82, 2.24) is 5.32 Å². The Morgan fingerprint density at radius 1 is 1.58 bits per heavy atom. The number of hydrogen-bond acceptors (Lipinski definition) is 4. The SMILES string of the molecule is C=C(C)COCCNCc1cc(Cl)ccc1[N+](=O)[O-]. The Bertz CT molecular complexity index is 463. The Labute approximate surface area is 117 Å². The second kappa shape index (κ2) is 7.89. The maximum absolute atomic E-state index is 10.8. The third-order valence-corrected chi connectivity index (χ3v) is 2.56. The molecule has 0 spiro atoms. The van der Waals surface area contributed by atoms with Crippen LogP contribution < -0.4 is 5.32 Å². The molecule has 0 heterocycles. The van der Waals surface area contributed by atoms with E-state index in [1.807, 2.05) is 6.92 Å². The summed E-state index contributed by atoms with van der Waals surface area (Å²) in [6, 6.07) is 4.53. The van der Waals surface area contributed by atoms with E-state index in [1.54, 1.807) is 6.07 Å². The van der Waals surface area contributed by atoms with Crippen LogP contribution in [0, 0.1) is 10.1 Å². The molecule has 0 aromatic heterocycles. The van der Waals surface area contributed by atoms with E-state index in [-0.39, 0.29) is 5.69 Å². The number of nitrogens with one attached hydrogen (secondary N) is 1. The van der Waals surface area contributed by atoms with Crippen LogP contribution in [0.2, 0.25) is 5.02 Å². The second-order valence-electron chi connectivity index (χ2n) is 4.22. The highest BCUT2D eigenvalue weighted by molar-refractivity contribution is 6.30. The fraction of sp³-hybridized carbons (Fsp3) is 0.385. The van der Waals surface area contributed by atoms with Crippen molar-refractivity contribution >= 4 is 17.3 Å². The second-order valence-corrected chi connectivity index (χ2v) is 4.65. The molecule has 0 radical (unpaired) electrons. The lowest BCUT2D eigenvalue weighted by Gasteiger charge is -2.07. The van der Waals surface area contributed by atoms with E-state index in [9.17, 15) is 10.1 Å². The molecule has 1 aromatic rings. The van der Waals surface area contributed by atoms with Gasteiger partial charge in [0.25, 0.3) is 5.69 Å². The number of ether oxygens (including phenoxy) is 1. The van der Waals surface area contributed by atoms with Gasteiger partial charge in [-0.15, -0.1) is 0 Å². The Morgan fingerprint density at radius 2 is 2.32 bits per heavy atom. The zero-order chi connectivity index (χ0) is 14.3. The molecule has 0 fully saturated rings. The molecule has 19 heavy (non-hydrogen) atoms. The molecule has 5 nitrogen and oxygen atoms in total. The summed E-state index contributed by atoms with van der Waals surface area (Å²) in [5.74, 6) is 0. The minimum Gasteiger partial charge on any atom is -0.376 e. The van der Waals surface area contributed by atoms with Gasteiger partial charge in [0, 0.05) is 29.7 Å². The standard InChI is InChI=1S/C13H17ClN2O3/c1-10(2)9-19-6-5-15-8-11-7-12(14)3-4-13(11)16(17)18/h3-4,7,15H,1,5-6,8-9H2,2H3. The predicted molar refractivity (Wildman–Crippen MR) is 75.4 cm³/mol. The first-order valence-electron chi connectivity index (χ1n) is 5.86. The Hall–Kier alpha value is -1.43. The van der Waals surface area contributed by atoms with Gasteiger partial charge in [-0.2, -0.15) is 0 Å². The Kier molecular flexibility index (Phi) is 6.49. The van der Waals surface area contributed by atoms with Crippen LogP contribution in [0.1, 0.15) is 12.5 Å². The number of rotatable bonds is 8. The summed E-state index contributed by atoms with van der Waals surface area (Å²) in [6.07, 6.45) is 0. The van der Waals surface area contributed by atoms with Gasteiger partial charge in [0.15, 0.2) is 0 Å². The fourth-order valence-corrected chi connectivity index (χ4v) is 1.68. The normalized spacial score (nSPS) is 10.4. The average molecular weight is 285 g/mol. The van der Waals surface area contributed by atoms with Crippen LogP contribution in [0.15, 0.2) is 30.4 Å². The molecule has 104 valence electrons. The maximum atomic E-state index is 10.8. The number of halogens is 1. The monoisotopic (exact) mass is 284 g/mol. The molecule has 0 aliphatic rings. The van der Waals surface area contributed by atoms with Crippen molar-refractivity contribution in [2.75, 3.05) is 19.8 Å². The molecule has 0 atom stereocenters. The fourth-order valence-electron chi connectivity index (χ4n) is 1.49. The van der Waals surface area contributed by atoms with E-state index in [0.717, 1.165) is 5.57 Å². The van der Waals surface area contributed by atoms with Gasteiger partial charge in [0.2, 0.25) is 0 Å². The van der Waals surface area contributed by atoms with Gasteiger partial charge in [-0.05, 0) is 19.1 Å². The summed E-state index contributed by atoms with van der Waals surface area (Å²) < 4.78 is 5.31. The summed E-state index contributed by atoms with van der Waals surface area (Å²) in [5, 5.41) is 14.4. The van der Waals surface area contributed by atoms with Gasteiger partial charge < -0.3 is 10.1 Å². The Morgan fingerprint density at radius 3 is 2.95 bits per heavy atom. The van der Waals surface area contributed by atoms with Crippen molar-refractivity contribution in [1.29, 1.82) is 0 Å². The molecule has 1 N–H and O–H groups in total. The van der Waals surface area contributed by atoms with Gasteiger partial charge in [0.1, 0.15) is 0 Å². The molecule has 0 aliphatic heterocycles. The number of nitro groups is 1. The van der Waals surface area contributed by atoms with Crippen LogP contribution in [0.3, 0.4) is 0 Å². The van der Waals surface area contributed by atoms with Gasteiger partial charge in [-0.3, -0.25) is 10.1 Å². The van der Waals surface area contributed by atoms with Crippen molar-refractivity contribution < 1.29 is 9.66 Å². The highest BCUT2D eigenvalue weighted by Crippen LogP contribution is 2.22. The van der Waals surface area contributed by atoms with E-state index in [0.29, 0.717) is 36.9 Å². The predicted octanol–water partition coefficient (Wildman–Crippen LogP) is 2.93. The third kappa shape index (κ3) is 5.83. The van der Waals surface area contributed by atoms with Crippen molar-refractivity contribution in [3.63, 3.8) is 0 Å². The number of nitrogens with zero attached hydrogens (tertiary/aromatic N) is 1. The van der Waals surface area contributed by atoms with E-state index in [4.69, 9.17) is 16.3 Å². The quantitative estimate of drug-likeness (QED) is 0.345. The molecular formula is C13H17ClN2O3. The lowest BCUT2D eigenvalue weighted by molar-refractivity contribution is -0.385. The van der Waals surface area contributed by atoms with Gasteiger partial charge >= 0.3 is 0 Å². The van der Waals surface area contributed by atoms with Crippen LogP contribution >= 0.6 is 11.6 Å². The van der Waals surface area contributed by atoms with Crippen LogP contribution in [0.25, 0.3) is 0 Å². The summed E-state index contributed by atoms with van der Waals surface area (Å²) in [7, 11) is 0. The van der Waals surface area contributed by atoms with Crippen molar-refractivity contribution in [3.8, 4) is 0 Å². The molecule has 0 unspecified atom stereocenters. The minimum absolute atomic E-state index is 0.0692. The summed E-state index contributed by atoms with van der Waals surface area (Å²) in [4.78, 5) is 10.4. The zero-order valence-electron chi connectivity index (χ0n) is 10.8. The van der Waals surface area contributed by atoms with E-state index in [1.165, 1.54) is 12.1 Å². The Balaban J connectivity index is 2.42. The highest BCUT2D eigenvalue weighted by Gasteiger charge is 2.13.